The number of thiophene rings is 1. The summed E-state index contributed by atoms with van der Waals surface area (Å²) >= 11 is 6.89. The molecular weight excluding hydrogens is 376 g/mol. The molecule has 0 amide bonds. The monoisotopic (exact) mass is 386 g/mol. The molecular formula is C17H11BrN2S2. The van der Waals surface area contributed by atoms with Gasteiger partial charge in [0.15, 0.2) is 5.13 Å². The van der Waals surface area contributed by atoms with E-state index in [9.17, 15) is 0 Å². The Kier molecular flexibility index (Phi) is 3.70. The number of thiazole rings is 1. The molecule has 2 heterocycles. The molecule has 5 heteroatoms. The Hall–Kier alpha value is -1.69. The van der Waals surface area contributed by atoms with Crippen LogP contribution < -0.4 is 5.32 Å². The highest BCUT2D eigenvalue weighted by Crippen LogP contribution is 2.38. The second-order valence-electron chi connectivity index (χ2n) is 4.80. The van der Waals surface area contributed by atoms with Gasteiger partial charge in [-0.2, -0.15) is 0 Å². The lowest BCUT2D eigenvalue weighted by Gasteiger charge is -2.00. The van der Waals surface area contributed by atoms with Crippen LogP contribution in [-0.2, 0) is 0 Å². The van der Waals surface area contributed by atoms with Gasteiger partial charge in [-0.1, -0.05) is 57.6 Å². The van der Waals surface area contributed by atoms with Crippen molar-refractivity contribution >= 4 is 59.0 Å². The van der Waals surface area contributed by atoms with E-state index >= 15 is 0 Å². The van der Waals surface area contributed by atoms with Crippen LogP contribution in [0.25, 0.3) is 20.0 Å². The van der Waals surface area contributed by atoms with Crippen molar-refractivity contribution in [2.75, 3.05) is 5.32 Å². The summed E-state index contributed by atoms with van der Waals surface area (Å²) in [6.07, 6.45) is 0. The predicted molar refractivity (Wildman–Crippen MR) is 100 cm³/mol. The third kappa shape index (κ3) is 2.79. The van der Waals surface area contributed by atoms with E-state index in [0.717, 1.165) is 20.1 Å². The molecule has 1 N–H and O–H groups in total. The third-order valence-corrected chi connectivity index (χ3v) is 5.90. The van der Waals surface area contributed by atoms with Crippen molar-refractivity contribution in [2.45, 2.75) is 0 Å². The predicted octanol–water partition coefficient (Wildman–Crippen LogP) is 6.53. The molecule has 0 atom stereocenters. The Morgan fingerprint density at radius 3 is 2.41 bits per heavy atom. The summed E-state index contributed by atoms with van der Waals surface area (Å²) in [5.41, 5.74) is 2.30. The van der Waals surface area contributed by atoms with Gasteiger partial charge in [0.2, 0.25) is 0 Å². The number of benzene rings is 2. The zero-order valence-corrected chi connectivity index (χ0v) is 14.6. The number of anilines is 2. The van der Waals surface area contributed by atoms with Gasteiger partial charge < -0.3 is 5.32 Å². The van der Waals surface area contributed by atoms with Gasteiger partial charge in [0.25, 0.3) is 0 Å². The SMILES string of the molecule is Brc1ccc(-c2cc3sc(Nc4ccccc4)nc3s2)cc1. The molecule has 0 saturated carbocycles. The summed E-state index contributed by atoms with van der Waals surface area (Å²) in [7, 11) is 0. The first kappa shape index (κ1) is 13.9. The highest BCUT2D eigenvalue weighted by Gasteiger charge is 2.10. The Bertz CT molecular complexity index is 879. The van der Waals surface area contributed by atoms with E-state index in [4.69, 9.17) is 0 Å². The van der Waals surface area contributed by atoms with Crippen LogP contribution >= 0.6 is 38.6 Å². The number of para-hydroxylation sites is 1. The summed E-state index contributed by atoms with van der Waals surface area (Å²) < 4.78 is 2.32. The van der Waals surface area contributed by atoms with Crippen LogP contribution in [0.2, 0.25) is 0 Å². The van der Waals surface area contributed by atoms with Crippen LogP contribution in [0.5, 0.6) is 0 Å². The average Bonchev–Trinajstić information content (AvgIpc) is 3.07. The summed E-state index contributed by atoms with van der Waals surface area (Å²) in [6, 6.07) is 20.7. The Morgan fingerprint density at radius 2 is 1.68 bits per heavy atom. The van der Waals surface area contributed by atoms with Crippen LogP contribution in [-0.4, -0.2) is 4.98 Å². The number of nitrogens with zero attached hydrogens (tertiary/aromatic N) is 1. The molecule has 108 valence electrons. The van der Waals surface area contributed by atoms with E-state index in [1.165, 1.54) is 15.1 Å². The van der Waals surface area contributed by atoms with Gasteiger partial charge >= 0.3 is 0 Å². The van der Waals surface area contributed by atoms with Crippen molar-refractivity contribution in [3.05, 3.63) is 65.1 Å². The van der Waals surface area contributed by atoms with Crippen LogP contribution in [0.4, 0.5) is 10.8 Å². The molecule has 0 fully saturated rings. The molecule has 0 bridgehead atoms. The van der Waals surface area contributed by atoms with Crippen molar-refractivity contribution in [1.29, 1.82) is 0 Å². The van der Waals surface area contributed by atoms with Gasteiger partial charge in [-0.15, -0.1) is 11.3 Å². The van der Waals surface area contributed by atoms with Gasteiger partial charge in [-0.3, -0.25) is 0 Å². The summed E-state index contributed by atoms with van der Waals surface area (Å²) in [5.74, 6) is 0. The maximum absolute atomic E-state index is 4.69. The smallest absolute Gasteiger partial charge is 0.189 e. The lowest BCUT2D eigenvalue weighted by atomic mass is 10.2. The van der Waals surface area contributed by atoms with E-state index in [1.54, 1.807) is 22.7 Å². The number of hydrogen-bond acceptors (Lipinski definition) is 4. The van der Waals surface area contributed by atoms with Crippen molar-refractivity contribution in [3.63, 3.8) is 0 Å². The second kappa shape index (κ2) is 5.83. The maximum atomic E-state index is 4.69. The first-order valence-corrected chi connectivity index (χ1v) is 9.19. The van der Waals surface area contributed by atoms with E-state index in [-0.39, 0.29) is 0 Å². The molecule has 0 aliphatic rings. The van der Waals surface area contributed by atoms with Gasteiger partial charge in [-0.05, 0) is 35.9 Å². The molecule has 2 aromatic carbocycles. The number of rotatable bonds is 3. The minimum Gasteiger partial charge on any atom is -0.332 e. The summed E-state index contributed by atoms with van der Waals surface area (Å²) in [6.45, 7) is 0. The molecule has 4 rings (SSSR count). The number of nitrogens with one attached hydrogen (secondary N) is 1. The summed E-state index contributed by atoms with van der Waals surface area (Å²) in [5, 5.41) is 4.29. The summed E-state index contributed by atoms with van der Waals surface area (Å²) in [4.78, 5) is 7.03. The minimum atomic E-state index is 0.940. The average molecular weight is 387 g/mol. The highest BCUT2D eigenvalue weighted by atomic mass is 79.9. The normalized spacial score (nSPS) is 11.0. The molecule has 2 nitrogen and oxygen atoms in total. The van der Waals surface area contributed by atoms with Crippen molar-refractivity contribution in [2.24, 2.45) is 0 Å². The molecule has 0 spiro atoms. The van der Waals surface area contributed by atoms with Crippen LogP contribution in [0.15, 0.2) is 65.1 Å². The lowest BCUT2D eigenvalue weighted by molar-refractivity contribution is 1.46. The first-order valence-electron chi connectivity index (χ1n) is 6.76. The van der Waals surface area contributed by atoms with Crippen molar-refractivity contribution in [3.8, 4) is 10.4 Å². The zero-order chi connectivity index (χ0) is 14.9. The van der Waals surface area contributed by atoms with Crippen LogP contribution in [0.3, 0.4) is 0 Å². The highest BCUT2D eigenvalue weighted by molar-refractivity contribution is 9.10. The molecule has 2 aromatic heterocycles. The first-order chi connectivity index (χ1) is 10.8. The molecule has 22 heavy (non-hydrogen) atoms. The fourth-order valence-corrected chi connectivity index (χ4v) is 4.60. The second-order valence-corrected chi connectivity index (χ2v) is 7.77. The maximum Gasteiger partial charge on any atom is 0.189 e. The molecule has 0 saturated heterocycles. The van der Waals surface area contributed by atoms with Crippen molar-refractivity contribution in [1.82, 2.24) is 4.98 Å². The number of aromatic nitrogens is 1. The number of halogens is 1. The van der Waals surface area contributed by atoms with Crippen molar-refractivity contribution < 1.29 is 0 Å². The number of hydrogen-bond donors (Lipinski definition) is 1. The third-order valence-electron chi connectivity index (χ3n) is 3.24. The molecule has 0 unspecified atom stereocenters. The van der Waals surface area contributed by atoms with Gasteiger partial charge in [-0.25, -0.2) is 4.98 Å². The van der Waals surface area contributed by atoms with Gasteiger partial charge in [0.05, 0.1) is 4.70 Å². The van der Waals surface area contributed by atoms with Crippen LogP contribution in [0, 0.1) is 0 Å². The minimum absolute atomic E-state index is 0.940. The topological polar surface area (TPSA) is 24.9 Å². The van der Waals surface area contributed by atoms with E-state index in [0.29, 0.717) is 0 Å². The molecule has 0 radical (unpaired) electrons. The fraction of sp³-hybridized carbons (Fsp3) is 0. The Morgan fingerprint density at radius 1 is 0.909 bits per heavy atom. The Labute approximate surface area is 144 Å². The quantitative estimate of drug-likeness (QED) is 0.432. The van der Waals surface area contributed by atoms with E-state index in [2.05, 4.69) is 56.6 Å². The largest absolute Gasteiger partial charge is 0.332 e. The van der Waals surface area contributed by atoms with E-state index < -0.39 is 0 Å². The van der Waals surface area contributed by atoms with Gasteiger partial charge in [0.1, 0.15) is 4.83 Å². The fourth-order valence-electron chi connectivity index (χ4n) is 2.19. The van der Waals surface area contributed by atoms with Crippen LogP contribution in [0.1, 0.15) is 0 Å². The molecule has 4 aromatic rings. The lowest BCUT2D eigenvalue weighted by Crippen LogP contribution is -1.87. The number of fused-ring (bicyclic) bond motifs is 1. The van der Waals surface area contributed by atoms with Gasteiger partial charge in [0, 0.05) is 15.0 Å². The molecule has 0 aliphatic heterocycles. The zero-order valence-electron chi connectivity index (χ0n) is 11.4. The standard InChI is InChI=1S/C17H11BrN2S2/c18-12-8-6-11(7-9-12)14-10-15-16(21-14)20-17(22-15)19-13-4-2-1-3-5-13/h1-10H,(H,19,20). The molecule has 0 aliphatic carbocycles. The Balaban J connectivity index is 1.63. The van der Waals surface area contributed by atoms with E-state index in [1.807, 2.05) is 30.3 Å².